The minimum atomic E-state index is -3.07. The number of rotatable bonds is 8. The van der Waals surface area contributed by atoms with Crippen molar-refractivity contribution in [2.75, 3.05) is 30.3 Å². The number of amides is 1. The maximum atomic E-state index is 11.5. The largest absolute Gasteiger partial charge is 0.399 e. The van der Waals surface area contributed by atoms with Gasteiger partial charge >= 0.3 is 0 Å². The zero-order chi connectivity index (χ0) is 15.2. The third kappa shape index (κ3) is 6.03. The molecule has 1 aromatic rings. The van der Waals surface area contributed by atoms with Crippen molar-refractivity contribution in [3.63, 3.8) is 0 Å². The Morgan fingerprint density at radius 3 is 2.60 bits per heavy atom. The molecule has 6 nitrogen and oxygen atoms in total. The van der Waals surface area contributed by atoms with Gasteiger partial charge in [-0.3, -0.25) is 9.69 Å². The Balaban J connectivity index is 2.72. The molecule has 0 fully saturated rings. The summed E-state index contributed by atoms with van der Waals surface area (Å²) in [5.74, 6) is -0.378. The third-order valence-corrected chi connectivity index (χ3v) is 4.58. The highest BCUT2D eigenvalue weighted by molar-refractivity contribution is 7.91. The van der Waals surface area contributed by atoms with Crippen LogP contribution in [0.15, 0.2) is 24.3 Å². The standard InChI is InChI=1S/C13H21N3O3S/c1-2-20(18,19)7-6-16(10-13(15)17)9-11-4-3-5-12(14)8-11/h3-5,8H,2,6-7,9-10,14H2,1H3,(H2,15,17). The average molecular weight is 299 g/mol. The number of nitrogens with zero attached hydrogens (tertiary/aromatic N) is 1. The van der Waals surface area contributed by atoms with Crippen LogP contribution < -0.4 is 11.5 Å². The minimum Gasteiger partial charge on any atom is -0.399 e. The van der Waals surface area contributed by atoms with E-state index in [4.69, 9.17) is 11.5 Å². The van der Waals surface area contributed by atoms with Gasteiger partial charge in [-0.15, -0.1) is 0 Å². The van der Waals surface area contributed by atoms with Crippen molar-refractivity contribution in [3.05, 3.63) is 29.8 Å². The summed E-state index contributed by atoms with van der Waals surface area (Å²) in [4.78, 5) is 12.8. The maximum Gasteiger partial charge on any atom is 0.231 e. The molecule has 0 saturated heterocycles. The molecule has 0 bridgehead atoms. The maximum absolute atomic E-state index is 11.5. The molecule has 0 aliphatic rings. The summed E-state index contributed by atoms with van der Waals surface area (Å²) in [7, 11) is -3.07. The fourth-order valence-corrected chi connectivity index (χ4v) is 2.62. The first-order valence-corrected chi connectivity index (χ1v) is 8.20. The lowest BCUT2D eigenvalue weighted by Gasteiger charge is -2.20. The number of hydrogen-bond donors (Lipinski definition) is 2. The van der Waals surface area contributed by atoms with Gasteiger partial charge in [0.2, 0.25) is 5.91 Å². The Morgan fingerprint density at radius 2 is 2.05 bits per heavy atom. The lowest BCUT2D eigenvalue weighted by molar-refractivity contribution is -0.119. The Labute approximate surface area is 119 Å². The van der Waals surface area contributed by atoms with Crippen LogP contribution in [0.25, 0.3) is 0 Å². The van der Waals surface area contributed by atoms with E-state index in [1.807, 2.05) is 12.1 Å². The van der Waals surface area contributed by atoms with E-state index in [2.05, 4.69) is 0 Å². The molecule has 112 valence electrons. The van der Waals surface area contributed by atoms with E-state index in [0.717, 1.165) is 5.56 Å². The smallest absolute Gasteiger partial charge is 0.231 e. The van der Waals surface area contributed by atoms with Gasteiger partial charge in [-0.05, 0) is 17.7 Å². The van der Waals surface area contributed by atoms with Crippen molar-refractivity contribution in [3.8, 4) is 0 Å². The predicted molar refractivity (Wildman–Crippen MR) is 79.7 cm³/mol. The molecule has 7 heteroatoms. The van der Waals surface area contributed by atoms with Gasteiger partial charge in [-0.25, -0.2) is 8.42 Å². The Hall–Kier alpha value is -1.60. The first-order valence-electron chi connectivity index (χ1n) is 6.38. The zero-order valence-electron chi connectivity index (χ0n) is 11.6. The van der Waals surface area contributed by atoms with Gasteiger partial charge in [0.25, 0.3) is 0 Å². The second-order valence-corrected chi connectivity index (χ2v) is 7.13. The van der Waals surface area contributed by atoms with Crippen LogP contribution in [0.4, 0.5) is 5.69 Å². The van der Waals surface area contributed by atoms with Crippen molar-refractivity contribution in [1.29, 1.82) is 0 Å². The van der Waals surface area contributed by atoms with E-state index in [-0.39, 0.29) is 24.6 Å². The number of nitrogen functional groups attached to an aromatic ring is 1. The Bertz CT molecular complexity index is 558. The number of primary amides is 1. The van der Waals surface area contributed by atoms with Crippen molar-refractivity contribution >= 4 is 21.4 Å². The normalized spacial score (nSPS) is 11.7. The third-order valence-electron chi connectivity index (χ3n) is 2.90. The van der Waals surface area contributed by atoms with Crippen molar-refractivity contribution in [2.24, 2.45) is 5.73 Å². The molecule has 0 radical (unpaired) electrons. The lowest BCUT2D eigenvalue weighted by Crippen LogP contribution is -2.36. The zero-order valence-corrected chi connectivity index (χ0v) is 12.4. The average Bonchev–Trinajstić information content (AvgIpc) is 2.35. The Kier molecular flexibility index (Phi) is 5.97. The molecular formula is C13H21N3O3S. The molecule has 0 spiro atoms. The number of carbonyl (C=O) groups excluding carboxylic acids is 1. The molecule has 1 amide bonds. The van der Waals surface area contributed by atoms with Crippen LogP contribution in [0.5, 0.6) is 0 Å². The highest BCUT2D eigenvalue weighted by Crippen LogP contribution is 2.09. The molecule has 0 heterocycles. The van der Waals surface area contributed by atoms with Crippen LogP contribution in [0.3, 0.4) is 0 Å². The van der Waals surface area contributed by atoms with Crippen LogP contribution in [-0.2, 0) is 21.2 Å². The molecule has 0 aliphatic heterocycles. The second-order valence-electron chi connectivity index (χ2n) is 4.66. The van der Waals surface area contributed by atoms with Gasteiger partial charge in [0.1, 0.15) is 0 Å². The van der Waals surface area contributed by atoms with Crippen LogP contribution in [0, 0.1) is 0 Å². The molecule has 0 aromatic heterocycles. The summed E-state index contributed by atoms with van der Waals surface area (Å²) in [5.41, 5.74) is 12.4. The molecule has 0 atom stereocenters. The van der Waals surface area contributed by atoms with Crippen LogP contribution >= 0.6 is 0 Å². The Morgan fingerprint density at radius 1 is 1.35 bits per heavy atom. The monoisotopic (exact) mass is 299 g/mol. The van der Waals surface area contributed by atoms with E-state index in [1.54, 1.807) is 24.0 Å². The molecule has 4 N–H and O–H groups in total. The van der Waals surface area contributed by atoms with Gasteiger partial charge in [0.05, 0.1) is 12.3 Å². The minimum absolute atomic E-state index is 0.0130. The summed E-state index contributed by atoms with van der Waals surface area (Å²) in [6.45, 7) is 2.33. The quantitative estimate of drug-likeness (QED) is 0.657. The molecule has 20 heavy (non-hydrogen) atoms. The SMILES string of the molecule is CCS(=O)(=O)CCN(CC(N)=O)Cc1cccc(N)c1. The molecule has 1 aromatic carbocycles. The molecular weight excluding hydrogens is 278 g/mol. The molecule has 0 aliphatic carbocycles. The fraction of sp³-hybridized carbons (Fsp3) is 0.462. The number of hydrogen-bond acceptors (Lipinski definition) is 5. The van der Waals surface area contributed by atoms with E-state index in [0.29, 0.717) is 12.2 Å². The van der Waals surface area contributed by atoms with Gasteiger partial charge in [-0.2, -0.15) is 0 Å². The number of nitrogens with two attached hydrogens (primary N) is 2. The van der Waals surface area contributed by atoms with Gasteiger partial charge in [0.15, 0.2) is 9.84 Å². The summed E-state index contributed by atoms with van der Waals surface area (Å²) in [6.07, 6.45) is 0. The summed E-state index contributed by atoms with van der Waals surface area (Å²) >= 11 is 0. The van der Waals surface area contributed by atoms with Crippen LogP contribution in [-0.4, -0.2) is 43.8 Å². The van der Waals surface area contributed by atoms with Gasteiger partial charge in [0, 0.05) is 24.5 Å². The van der Waals surface area contributed by atoms with Crippen LogP contribution in [0.1, 0.15) is 12.5 Å². The van der Waals surface area contributed by atoms with Gasteiger partial charge < -0.3 is 11.5 Å². The summed E-state index contributed by atoms with van der Waals surface area (Å²) in [5, 5.41) is 0. The summed E-state index contributed by atoms with van der Waals surface area (Å²) in [6, 6.07) is 7.25. The highest BCUT2D eigenvalue weighted by Gasteiger charge is 2.14. The molecule has 0 unspecified atom stereocenters. The fourth-order valence-electron chi connectivity index (χ4n) is 1.80. The number of benzene rings is 1. The number of anilines is 1. The topological polar surface area (TPSA) is 106 Å². The van der Waals surface area contributed by atoms with Crippen molar-refractivity contribution in [1.82, 2.24) is 4.90 Å². The summed E-state index contributed by atoms with van der Waals surface area (Å²) < 4.78 is 23.1. The number of sulfone groups is 1. The predicted octanol–water partition coefficient (Wildman–Crippen LogP) is -0.00920. The lowest BCUT2D eigenvalue weighted by atomic mass is 10.2. The first kappa shape index (κ1) is 16.5. The van der Waals surface area contributed by atoms with E-state index < -0.39 is 15.7 Å². The van der Waals surface area contributed by atoms with Crippen molar-refractivity contribution in [2.45, 2.75) is 13.5 Å². The van der Waals surface area contributed by atoms with E-state index in [1.165, 1.54) is 0 Å². The highest BCUT2D eigenvalue weighted by atomic mass is 32.2. The second kappa shape index (κ2) is 7.25. The molecule has 0 saturated carbocycles. The van der Waals surface area contributed by atoms with Crippen molar-refractivity contribution < 1.29 is 13.2 Å². The number of carbonyl (C=O) groups is 1. The van der Waals surface area contributed by atoms with E-state index in [9.17, 15) is 13.2 Å². The van der Waals surface area contributed by atoms with Crippen LogP contribution in [0.2, 0.25) is 0 Å². The molecule has 1 rings (SSSR count). The first-order chi connectivity index (χ1) is 9.32. The van der Waals surface area contributed by atoms with E-state index >= 15 is 0 Å². The van der Waals surface area contributed by atoms with Gasteiger partial charge in [-0.1, -0.05) is 19.1 Å².